The van der Waals surface area contributed by atoms with Crippen LogP contribution in [-0.4, -0.2) is 55.4 Å². The Morgan fingerprint density at radius 3 is 2.75 bits per heavy atom. The van der Waals surface area contributed by atoms with Gasteiger partial charge in [0.15, 0.2) is 5.78 Å². The van der Waals surface area contributed by atoms with E-state index in [9.17, 15) is 4.79 Å². The van der Waals surface area contributed by atoms with Crippen molar-refractivity contribution in [2.75, 3.05) is 33.7 Å². The van der Waals surface area contributed by atoms with Crippen LogP contribution in [0, 0.1) is 0 Å². The standard InChI is InChI=1S/C15H20Cl2N2O/c1-18(9-12-4-3-7-19(12)2)10-15(20)11-5-6-13(16)14(17)8-11/h5-6,8,12H,3-4,7,9-10H2,1-2H3. The molecule has 1 aromatic carbocycles. The first-order valence-electron chi connectivity index (χ1n) is 6.84. The van der Waals surface area contributed by atoms with Crippen molar-refractivity contribution in [3.05, 3.63) is 33.8 Å². The van der Waals surface area contributed by atoms with E-state index in [1.165, 1.54) is 12.8 Å². The monoisotopic (exact) mass is 314 g/mol. The Kier molecular flexibility index (Phi) is 5.44. The summed E-state index contributed by atoms with van der Waals surface area (Å²) in [6.45, 7) is 2.48. The second kappa shape index (κ2) is 6.90. The quantitative estimate of drug-likeness (QED) is 0.780. The molecule has 0 N–H and O–H groups in total. The Bertz CT molecular complexity index is 493. The van der Waals surface area contributed by atoms with Crippen LogP contribution in [0.5, 0.6) is 0 Å². The van der Waals surface area contributed by atoms with Gasteiger partial charge in [0.05, 0.1) is 16.6 Å². The number of ketones is 1. The third-order valence-corrected chi connectivity index (χ3v) is 4.59. The van der Waals surface area contributed by atoms with E-state index in [-0.39, 0.29) is 5.78 Å². The predicted molar refractivity (Wildman–Crippen MR) is 83.9 cm³/mol. The van der Waals surface area contributed by atoms with Gasteiger partial charge in [0.25, 0.3) is 0 Å². The second-order valence-corrected chi connectivity index (χ2v) is 6.34. The summed E-state index contributed by atoms with van der Waals surface area (Å²) in [4.78, 5) is 16.7. The number of rotatable bonds is 5. The molecule has 1 heterocycles. The van der Waals surface area contributed by atoms with Crippen LogP contribution in [0.2, 0.25) is 10.0 Å². The Hall–Kier alpha value is -0.610. The minimum atomic E-state index is 0.0757. The summed E-state index contributed by atoms with van der Waals surface area (Å²) in [7, 11) is 4.13. The minimum Gasteiger partial charge on any atom is -0.302 e. The zero-order valence-electron chi connectivity index (χ0n) is 11.9. The lowest BCUT2D eigenvalue weighted by atomic mass is 10.1. The van der Waals surface area contributed by atoms with E-state index in [4.69, 9.17) is 23.2 Å². The molecule has 0 bridgehead atoms. The predicted octanol–water partition coefficient (Wildman–Crippen LogP) is 3.20. The summed E-state index contributed by atoms with van der Waals surface area (Å²) in [6, 6.07) is 5.59. The average Bonchev–Trinajstić information content (AvgIpc) is 2.78. The van der Waals surface area contributed by atoms with E-state index in [0.29, 0.717) is 28.2 Å². The first-order valence-corrected chi connectivity index (χ1v) is 7.60. The van der Waals surface area contributed by atoms with Crippen molar-refractivity contribution in [3.63, 3.8) is 0 Å². The number of hydrogen-bond donors (Lipinski definition) is 0. The molecular weight excluding hydrogens is 295 g/mol. The van der Waals surface area contributed by atoms with Gasteiger partial charge in [-0.05, 0) is 51.7 Å². The van der Waals surface area contributed by atoms with Gasteiger partial charge in [0.2, 0.25) is 0 Å². The highest BCUT2D eigenvalue weighted by molar-refractivity contribution is 6.42. The van der Waals surface area contributed by atoms with Crippen LogP contribution in [0.3, 0.4) is 0 Å². The van der Waals surface area contributed by atoms with Crippen molar-refractivity contribution in [1.29, 1.82) is 0 Å². The van der Waals surface area contributed by atoms with Gasteiger partial charge >= 0.3 is 0 Å². The number of likely N-dealkylation sites (N-methyl/N-ethyl adjacent to an activating group) is 2. The van der Waals surface area contributed by atoms with Crippen LogP contribution in [0.25, 0.3) is 0 Å². The highest BCUT2D eigenvalue weighted by atomic mass is 35.5. The number of carbonyl (C=O) groups is 1. The molecule has 1 fully saturated rings. The normalized spacial score (nSPS) is 19.8. The molecule has 1 saturated heterocycles. The summed E-state index contributed by atoms with van der Waals surface area (Å²) in [5.41, 5.74) is 0.617. The third kappa shape index (κ3) is 3.95. The van der Waals surface area contributed by atoms with Crippen molar-refractivity contribution < 1.29 is 4.79 Å². The van der Waals surface area contributed by atoms with E-state index in [2.05, 4.69) is 16.8 Å². The lowest BCUT2D eigenvalue weighted by Crippen LogP contribution is -2.38. The summed E-state index contributed by atoms with van der Waals surface area (Å²) in [5.74, 6) is 0.0757. The zero-order chi connectivity index (χ0) is 14.7. The summed E-state index contributed by atoms with van der Waals surface area (Å²) in [5, 5.41) is 0.903. The Morgan fingerprint density at radius 1 is 1.40 bits per heavy atom. The molecule has 3 nitrogen and oxygen atoms in total. The second-order valence-electron chi connectivity index (χ2n) is 5.53. The maximum atomic E-state index is 12.2. The molecular formula is C15H20Cl2N2O. The van der Waals surface area contributed by atoms with Crippen LogP contribution in [0.4, 0.5) is 0 Å². The van der Waals surface area contributed by atoms with Crippen LogP contribution >= 0.6 is 23.2 Å². The fourth-order valence-corrected chi connectivity index (χ4v) is 2.94. The van der Waals surface area contributed by atoms with Gasteiger partial charge in [-0.3, -0.25) is 9.69 Å². The summed E-state index contributed by atoms with van der Waals surface area (Å²) in [6.07, 6.45) is 2.46. The molecule has 20 heavy (non-hydrogen) atoms. The molecule has 0 aliphatic carbocycles. The maximum Gasteiger partial charge on any atom is 0.176 e. The van der Waals surface area contributed by atoms with E-state index in [1.54, 1.807) is 18.2 Å². The van der Waals surface area contributed by atoms with Crippen molar-refractivity contribution in [1.82, 2.24) is 9.80 Å². The van der Waals surface area contributed by atoms with Gasteiger partial charge in [-0.1, -0.05) is 23.2 Å². The van der Waals surface area contributed by atoms with E-state index in [0.717, 1.165) is 13.1 Å². The third-order valence-electron chi connectivity index (χ3n) is 3.85. The highest BCUT2D eigenvalue weighted by Crippen LogP contribution is 2.23. The van der Waals surface area contributed by atoms with Gasteiger partial charge < -0.3 is 4.90 Å². The first-order chi connectivity index (χ1) is 9.47. The van der Waals surface area contributed by atoms with Crippen molar-refractivity contribution in [2.45, 2.75) is 18.9 Å². The molecule has 2 rings (SSSR count). The van der Waals surface area contributed by atoms with Gasteiger partial charge in [0, 0.05) is 18.2 Å². The first kappa shape index (κ1) is 15.8. The summed E-state index contributed by atoms with van der Waals surface area (Å²) < 4.78 is 0. The molecule has 0 aromatic heterocycles. The van der Waals surface area contributed by atoms with Gasteiger partial charge in [-0.25, -0.2) is 0 Å². The molecule has 1 aliphatic rings. The minimum absolute atomic E-state index is 0.0757. The van der Waals surface area contributed by atoms with E-state index < -0.39 is 0 Å². The molecule has 110 valence electrons. The number of likely N-dealkylation sites (tertiary alicyclic amines) is 1. The van der Waals surface area contributed by atoms with E-state index in [1.807, 2.05) is 7.05 Å². The van der Waals surface area contributed by atoms with Gasteiger partial charge in [-0.15, -0.1) is 0 Å². The lowest BCUT2D eigenvalue weighted by Gasteiger charge is -2.25. The van der Waals surface area contributed by atoms with Crippen molar-refractivity contribution in [3.8, 4) is 0 Å². The smallest absolute Gasteiger partial charge is 0.176 e. The maximum absolute atomic E-state index is 12.2. The molecule has 1 aliphatic heterocycles. The fraction of sp³-hybridized carbons (Fsp3) is 0.533. The molecule has 1 unspecified atom stereocenters. The molecule has 0 saturated carbocycles. The van der Waals surface area contributed by atoms with Gasteiger partial charge in [0.1, 0.15) is 0 Å². The number of carbonyl (C=O) groups excluding carboxylic acids is 1. The number of halogens is 2. The average molecular weight is 315 g/mol. The molecule has 0 radical (unpaired) electrons. The van der Waals surface area contributed by atoms with Crippen molar-refractivity contribution in [2.24, 2.45) is 0 Å². The highest BCUT2D eigenvalue weighted by Gasteiger charge is 2.22. The van der Waals surface area contributed by atoms with Gasteiger partial charge in [-0.2, -0.15) is 0 Å². The number of benzene rings is 1. The number of nitrogens with zero attached hydrogens (tertiary/aromatic N) is 2. The Morgan fingerprint density at radius 2 is 2.15 bits per heavy atom. The Balaban J connectivity index is 1.91. The summed E-state index contributed by atoms with van der Waals surface area (Å²) >= 11 is 11.8. The zero-order valence-corrected chi connectivity index (χ0v) is 13.4. The molecule has 5 heteroatoms. The largest absolute Gasteiger partial charge is 0.302 e. The van der Waals surface area contributed by atoms with Crippen molar-refractivity contribution >= 4 is 29.0 Å². The Labute approximate surface area is 130 Å². The molecule has 0 amide bonds. The SMILES string of the molecule is CN(CC(=O)c1ccc(Cl)c(Cl)c1)CC1CCCN1C. The van der Waals surface area contributed by atoms with E-state index >= 15 is 0 Å². The molecule has 1 atom stereocenters. The topological polar surface area (TPSA) is 23.6 Å². The molecule has 1 aromatic rings. The van der Waals surface area contributed by atoms with Crippen LogP contribution < -0.4 is 0 Å². The van der Waals surface area contributed by atoms with Crippen LogP contribution in [0.15, 0.2) is 18.2 Å². The number of hydrogen-bond acceptors (Lipinski definition) is 3. The lowest BCUT2D eigenvalue weighted by molar-refractivity contribution is 0.0932. The van der Waals surface area contributed by atoms with Crippen LogP contribution in [0.1, 0.15) is 23.2 Å². The van der Waals surface area contributed by atoms with Crippen LogP contribution in [-0.2, 0) is 0 Å². The number of Topliss-reactive ketones (excluding diaryl/α,β-unsaturated/α-hetero) is 1. The molecule has 0 spiro atoms. The fourth-order valence-electron chi connectivity index (χ4n) is 2.64.